The average molecular weight is 499 g/mol. The van der Waals surface area contributed by atoms with Gasteiger partial charge in [0.25, 0.3) is 0 Å². The van der Waals surface area contributed by atoms with Gasteiger partial charge in [-0.2, -0.15) is 5.10 Å². The number of nitrogens with zero attached hydrogens (tertiary/aromatic N) is 4. The predicted octanol–water partition coefficient (Wildman–Crippen LogP) is 2.76. The lowest BCUT2D eigenvalue weighted by Crippen LogP contribution is -2.48. The van der Waals surface area contributed by atoms with Crippen molar-refractivity contribution < 1.29 is 9.47 Å². The van der Waals surface area contributed by atoms with Gasteiger partial charge in [0.1, 0.15) is 12.2 Å². The van der Waals surface area contributed by atoms with Gasteiger partial charge in [0, 0.05) is 39.0 Å². The molecule has 1 aromatic carbocycles. The number of hydrogen-bond donors (Lipinski definition) is 1. The smallest absolute Gasteiger partial charge is 0.194 e. The number of morpholine rings is 1. The van der Waals surface area contributed by atoms with Crippen molar-refractivity contribution in [3.8, 4) is 0 Å². The van der Waals surface area contributed by atoms with E-state index >= 15 is 0 Å². The lowest BCUT2D eigenvalue weighted by Gasteiger charge is -2.35. The van der Waals surface area contributed by atoms with Crippen molar-refractivity contribution in [2.24, 2.45) is 12.0 Å². The standard InChI is InChI=1S/C20H29N5O2.HI/c1-4-21-20(22-13-18(26-3)16-8-6-5-7-9-16)25-10-11-27-19(15-25)17-12-23-24(2)14-17;/h5-9,12,14,18-19H,4,10-11,13,15H2,1-3H3,(H,21,22);1H. The Kier molecular flexibility index (Phi) is 9.20. The van der Waals surface area contributed by atoms with Gasteiger partial charge in [-0.25, -0.2) is 0 Å². The van der Waals surface area contributed by atoms with Gasteiger partial charge in [0.05, 0.1) is 25.9 Å². The molecule has 1 aliphatic rings. The molecular weight excluding hydrogens is 469 g/mol. The van der Waals surface area contributed by atoms with Crippen LogP contribution in [0.1, 0.15) is 30.3 Å². The molecule has 0 radical (unpaired) electrons. The van der Waals surface area contributed by atoms with Gasteiger partial charge in [0.2, 0.25) is 0 Å². The molecule has 154 valence electrons. The van der Waals surface area contributed by atoms with Gasteiger partial charge in [-0.3, -0.25) is 9.67 Å². The maximum Gasteiger partial charge on any atom is 0.194 e. The number of hydrogen-bond acceptors (Lipinski definition) is 4. The van der Waals surface area contributed by atoms with E-state index in [9.17, 15) is 0 Å². The number of methoxy groups -OCH3 is 1. The van der Waals surface area contributed by atoms with Crippen LogP contribution in [0.25, 0.3) is 0 Å². The number of rotatable bonds is 6. The molecule has 2 atom stereocenters. The van der Waals surface area contributed by atoms with Gasteiger partial charge in [-0.1, -0.05) is 30.3 Å². The molecule has 2 unspecified atom stereocenters. The van der Waals surface area contributed by atoms with E-state index in [0.29, 0.717) is 13.2 Å². The summed E-state index contributed by atoms with van der Waals surface area (Å²) in [5.41, 5.74) is 2.23. The molecule has 2 aromatic rings. The minimum Gasteiger partial charge on any atom is -0.375 e. The molecule has 2 heterocycles. The average Bonchev–Trinajstić information content (AvgIpc) is 3.15. The SMILES string of the molecule is CCNC(=NCC(OC)c1ccccc1)N1CCOC(c2cnn(C)c2)C1.I. The van der Waals surface area contributed by atoms with Crippen LogP contribution in [0.2, 0.25) is 0 Å². The lowest BCUT2D eigenvalue weighted by atomic mass is 10.1. The van der Waals surface area contributed by atoms with E-state index in [1.165, 1.54) is 0 Å². The molecule has 0 spiro atoms. The van der Waals surface area contributed by atoms with Crippen LogP contribution >= 0.6 is 24.0 Å². The Hall–Kier alpha value is -1.65. The summed E-state index contributed by atoms with van der Waals surface area (Å²) in [5, 5.41) is 7.66. The number of nitrogens with one attached hydrogen (secondary N) is 1. The van der Waals surface area contributed by atoms with Crippen LogP contribution in [-0.4, -0.2) is 60.5 Å². The number of guanidine groups is 1. The van der Waals surface area contributed by atoms with Gasteiger partial charge >= 0.3 is 0 Å². The van der Waals surface area contributed by atoms with Crippen LogP contribution in [0.5, 0.6) is 0 Å². The monoisotopic (exact) mass is 499 g/mol. The van der Waals surface area contributed by atoms with Gasteiger partial charge < -0.3 is 19.7 Å². The van der Waals surface area contributed by atoms with E-state index in [1.54, 1.807) is 11.8 Å². The number of aryl methyl sites for hydroxylation is 1. The van der Waals surface area contributed by atoms with E-state index in [1.807, 2.05) is 37.6 Å². The first-order chi connectivity index (χ1) is 13.2. The zero-order chi connectivity index (χ0) is 19.1. The van der Waals surface area contributed by atoms with Gasteiger partial charge in [-0.05, 0) is 12.5 Å². The van der Waals surface area contributed by atoms with Crippen LogP contribution in [0, 0.1) is 0 Å². The second-order valence-corrected chi connectivity index (χ2v) is 6.58. The third-order valence-corrected chi connectivity index (χ3v) is 4.66. The highest BCUT2D eigenvalue weighted by Crippen LogP contribution is 2.22. The Morgan fingerprint density at radius 2 is 2.18 bits per heavy atom. The quantitative estimate of drug-likeness (QED) is 0.377. The first kappa shape index (κ1) is 22.6. The summed E-state index contributed by atoms with van der Waals surface area (Å²) in [6, 6.07) is 10.2. The van der Waals surface area contributed by atoms with E-state index in [0.717, 1.165) is 36.7 Å². The highest BCUT2D eigenvalue weighted by Gasteiger charge is 2.25. The zero-order valence-corrected chi connectivity index (χ0v) is 19.1. The third kappa shape index (κ3) is 5.92. The first-order valence-corrected chi connectivity index (χ1v) is 9.42. The highest BCUT2D eigenvalue weighted by atomic mass is 127. The van der Waals surface area contributed by atoms with Crippen molar-refractivity contribution in [3.05, 3.63) is 53.9 Å². The maximum absolute atomic E-state index is 5.95. The van der Waals surface area contributed by atoms with E-state index in [2.05, 4.69) is 34.4 Å². The summed E-state index contributed by atoms with van der Waals surface area (Å²) in [6.45, 7) is 5.69. The number of ether oxygens (including phenoxy) is 2. The van der Waals surface area contributed by atoms with Crippen molar-refractivity contribution in [2.75, 3.05) is 39.9 Å². The first-order valence-electron chi connectivity index (χ1n) is 9.42. The summed E-state index contributed by atoms with van der Waals surface area (Å²) >= 11 is 0. The molecule has 0 amide bonds. The van der Waals surface area contributed by atoms with Crippen LogP contribution in [0.3, 0.4) is 0 Å². The zero-order valence-electron chi connectivity index (χ0n) is 16.7. The largest absolute Gasteiger partial charge is 0.375 e. The minimum atomic E-state index is -0.0602. The molecule has 0 saturated carbocycles. The molecule has 1 fully saturated rings. The lowest BCUT2D eigenvalue weighted by molar-refractivity contribution is -0.00815. The second kappa shape index (κ2) is 11.4. The van der Waals surface area contributed by atoms with Crippen LogP contribution in [0.4, 0.5) is 0 Å². The molecule has 8 heteroatoms. The van der Waals surface area contributed by atoms with E-state index in [4.69, 9.17) is 14.5 Å². The fourth-order valence-electron chi connectivity index (χ4n) is 3.23. The summed E-state index contributed by atoms with van der Waals surface area (Å²) < 4.78 is 13.4. The number of halogens is 1. The Balaban J connectivity index is 0.00000280. The Labute approximate surface area is 184 Å². The molecule has 3 rings (SSSR count). The van der Waals surface area contributed by atoms with Crippen LogP contribution in [0.15, 0.2) is 47.7 Å². The Morgan fingerprint density at radius 3 is 2.82 bits per heavy atom. The van der Waals surface area contributed by atoms with Gasteiger partial charge in [-0.15, -0.1) is 24.0 Å². The summed E-state index contributed by atoms with van der Waals surface area (Å²) in [4.78, 5) is 7.10. The van der Waals surface area contributed by atoms with Crippen LogP contribution < -0.4 is 5.32 Å². The molecule has 7 nitrogen and oxygen atoms in total. The van der Waals surface area contributed by atoms with E-state index < -0.39 is 0 Å². The van der Waals surface area contributed by atoms with Gasteiger partial charge in [0.15, 0.2) is 5.96 Å². The molecule has 0 bridgehead atoms. The highest BCUT2D eigenvalue weighted by molar-refractivity contribution is 14.0. The second-order valence-electron chi connectivity index (χ2n) is 6.58. The minimum absolute atomic E-state index is 0. The molecule has 0 aliphatic carbocycles. The topological polar surface area (TPSA) is 63.9 Å². The Morgan fingerprint density at radius 1 is 1.39 bits per heavy atom. The number of aliphatic imine (C=N–C) groups is 1. The predicted molar refractivity (Wildman–Crippen MR) is 121 cm³/mol. The summed E-state index contributed by atoms with van der Waals surface area (Å²) in [6.07, 6.45) is 3.82. The molecule has 1 aromatic heterocycles. The Bertz CT molecular complexity index is 737. The van der Waals surface area contributed by atoms with Crippen molar-refractivity contribution in [2.45, 2.75) is 19.1 Å². The van der Waals surface area contributed by atoms with Crippen molar-refractivity contribution >= 4 is 29.9 Å². The molecule has 1 N–H and O–H groups in total. The fraction of sp³-hybridized carbons (Fsp3) is 0.500. The number of benzene rings is 1. The van der Waals surface area contributed by atoms with E-state index in [-0.39, 0.29) is 36.2 Å². The third-order valence-electron chi connectivity index (χ3n) is 4.66. The number of aromatic nitrogens is 2. The molecule has 28 heavy (non-hydrogen) atoms. The van der Waals surface area contributed by atoms with Crippen molar-refractivity contribution in [1.29, 1.82) is 0 Å². The maximum atomic E-state index is 5.95. The normalized spacial score (nSPS) is 18.5. The molecule has 1 aliphatic heterocycles. The van der Waals surface area contributed by atoms with Crippen LogP contribution in [-0.2, 0) is 16.5 Å². The summed E-state index contributed by atoms with van der Waals surface area (Å²) in [7, 11) is 3.65. The van der Waals surface area contributed by atoms with Crippen molar-refractivity contribution in [1.82, 2.24) is 20.0 Å². The molecular formula is C20H30IN5O2. The molecule has 1 saturated heterocycles. The fourth-order valence-corrected chi connectivity index (χ4v) is 3.23. The van der Waals surface area contributed by atoms with Crippen molar-refractivity contribution in [3.63, 3.8) is 0 Å². The summed E-state index contributed by atoms with van der Waals surface area (Å²) in [5.74, 6) is 0.896.